The number of hydrogen-bond donors (Lipinski definition) is 2. The Labute approximate surface area is 127 Å². The van der Waals surface area contributed by atoms with Gasteiger partial charge in [0.25, 0.3) is 0 Å². The molecule has 1 aromatic carbocycles. The number of halogens is 3. The van der Waals surface area contributed by atoms with Crippen molar-refractivity contribution in [2.75, 3.05) is 5.32 Å². The minimum Gasteiger partial charge on any atom is -0.359 e. The standard InChI is InChI=1S/C15H17F3N2S/c16-15(17,18)11-3-5-12(6-4-11)19-14(21)20-13-8-9-1-2-10(13)7-9/h3-6,9-10,13H,1-2,7-8H2,(H2,19,20,21)/t9-,10-,13-/m0/s1. The van der Waals surface area contributed by atoms with E-state index in [2.05, 4.69) is 10.6 Å². The average Bonchev–Trinajstić information content (AvgIpc) is 3.00. The molecule has 2 bridgehead atoms. The molecule has 0 aromatic heterocycles. The highest BCUT2D eigenvalue weighted by Crippen LogP contribution is 2.44. The van der Waals surface area contributed by atoms with Gasteiger partial charge in [-0.3, -0.25) is 0 Å². The second kappa shape index (κ2) is 5.48. The number of thiocarbonyl (C=S) groups is 1. The number of rotatable bonds is 2. The van der Waals surface area contributed by atoms with Crippen LogP contribution in [0.2, 0.25) is 0 Å². The van der Waals surface area contributed by atoms with Gasteiger partial charge in [-0.25, -0.2) is 0 Å². The van der Waals surface area contributed by atoms with E-state index in [0.717, 1.165) is 24.5 Å². The monoisotopic (exact) mass is 314 g/mol. The number of fused-ring (bicyclic) bond motifs is 2. The molecule has 2 aliphatic carbocycles. The van der Waals surface area contributed by atoms with Crippen molar-refractivity contribution in [1.29, 1.82) is 0 Å². The second-order valence-corrected chi connectivity index (χ2v) is 6.36. The molecule has 6 heteroatoms. The fourth-order valence-corrected chi connectivity index (χ4v) is 3.77. The van der Waals surface area contributed by atoms with Gasteiger partial charge < -0.3 is 10.6 Å². The van der Waals surface area contributed by atoms with Crippen LogP contribution in [-0.4, -0.2) is 11.2 Å². The molecule has 0 aliphatic heterocycles. The Hall–Kier alpha value is -1.30. The van der Waals surface area contributed by atoms with E-state index in [-0.39, 0.29) is 0 Å². The van der Waals surface area contributed by atoms with E-state index in [1.54, 1.807) is 0 Å². The summed E-state index contributed by atoms with van der Waals surface area (Å²) in [6.45, 7) is 0. The second-order valence-electron chi connectivity index (χ2n) is 5.95. The lowest BCUT2D eigenvalue weighted by atomic mass is 9.96. The Kier molecular flexibility index (Phi) is 3.82. The molecule has 0 saturated heterocycles. The summed E-state index contributed by atoms with van der Waals surface area (Å²) in [6.07, 6.45) is 0.702. The molecular formula is C15H17F3N2S. The third-order valence-electron chi connectivity index (χ3n) is 4.52. The van der Waals surface area contributed by atoms with E-state index < -0.39 is 11.7 Å². The van der Waals surface area contributed by atoms with Gasteiger partial charge in [0, 0.05) is 11.7 Å². The van der Waals surface area contributed by atoms with Crippen molar-refractivity contribution in [3.8, 4) is 0 Å². The molecule has 3 rings (SSSR count). The summed E-state index contributed by atoms with van der Waals surface area (Å²) in [5, 5.41) is 6.75. The Balaban J connectivity index is 1.55. The highest BCUT2D eigenvalue weighted by atomic mass is 32.1. The van der Waals surface area contributed by atoms with Crippen molar-refractivity contribution in [2.24, 2.45) is 11.8 Å². The van der Waals surface area contributed by atoms with E-state index in [9.17, 15) is 13.2 Å². The lowest BCUT2D eigenvalue weighted by Crippen LogP contribution is -2.40. The highest BCUT2D eigenvalue weighted by molar-refractivity contribution is 7.80. The molecule has 1 aromatic rings. The molecule has 114 valence electrons. The summed E-state index contributed by atoms with van der Waals surface area (Å²) in [4.78, 5) is 0. The van der Waals surface area contributed by atoms with Crippen LogP contribution in [0.3, 0.4) is 0 Å². The first-order valence-electron chi connectivity index (χ1n) is 7.16. The van der Waals surface area contributed by atoms with E-state index in [1.165, 1.54) is 31.4 Å². The van der Waals surface area contributed by atoms with Gasteiger partial charge in [0.1, 0.15) is 0 Å². The van der Waals surface area contributed by atoms with Crippen LogP contribution >= 0.6 is 12.2 Å². The van der Waals surface area contributed by atoms with Gasteiger partial charge in [-0.05, 0) is 67.6 Å². The van der Waals surface area contributed by atoms with Crippen LogP contribution in [0.4, 0.5) is 18.9 Å². The molecule has 2 saturated carbocycles. The molecule has 0 unspecified atom stereocenters. The first-order chi connectivity index (χ1) is 9.91. The Bertz CT molecular complexity index is 527. The Morgan fingerprint density at radius 1 is 1.10 bits per heavy atom. The molecule has 0 amide bonds. The number of anilines is 1. The average molecular weight is 314 g/mol. The van der Waals surface area contributed by atoms with Crippen molar-refractivity contribution in [3.05, 3.63) is 29.8 Å². The third-order valence-corrected chi connectivity index (χ3v) is 4.74. The summed E-state index contributed by atoms with van der Waals surface area (Å²) in [7, 11) is 0. The molecule has 0 heterocycles. The van der Waals surface area contributed by atoms with Crippen molar-refractivity contribution in [2.45, 2.75) is 37.9 Å². The number of hydrogen-bond acceptors (Lipinski definition) is 1. The zero-order chi connectivity index (χ0) is 15.0. The van der Waals surface area contributed by atoms with E-state index in [4.69, 9.17) is 12.2 Å². The quantitative estimate of drug-likeness (QED) is 0.801. The number of benzene rings is 1. The molecule has 3 atom stereocenters. The minimum absolute atomic E-state index is 0.415. The van der Waals surface area contributed by atoms with Gasteiger partial charge in [0.05, 0.1) is 5.56 Å². The predicted octanol–water partition coefficient (Wildman–Crippen LogP) is 4.18. The van der Waals surface area contributed by atoms with E-state index in [1.807, 2.05) is 0 Å². The zero-order valence-corrected chi connectivity index (χ0v) is 12.2. The Morgan fingerprint density at radius 2 is 1.81 bits per heavy atom. The van der Waals surface area contributed by atoms with Crippen LogP contribution in [0.15, 0.2) is 24.3 Å². The minimum atomic E-state index is -4.31. The van der Waals surface area contributed by atoms with Crippen LogP contribution in [0, 0.1) is 11.8 Å². The van der Waals surface area contributed by atoms with Gasteiger partial charge in [-0.15, -0.1) is 0 Å². The maximum absolute atomic E-state index is 12.5. The maximum Gasteiger partial charge on any atom is 0.416 e. The summed E-state index contributed by atoms with van der Waals surface area (Å²) in [6, 6.07) is 5.33. The van der Waals surface area contributed by atoms with E-state index in [0.29, 0.717) is 22.8 Å². The molecule has 0 radical (unpaired) electrons. The first-order valence-corrected chi connectivity index (χ1v) is 7.57. The van der Waals surface area contributed by atoms with Gasteiger partial charge in [0.15, 0.2) is 5.11 Å². The molecule has 2 N–H and O–H groups in total. The third kappa shape index (κ3) is 3.31. The molecular weight excluding hydrogens is 297 g/mol. The molecule has 2 nitrogen and oxygen atoms in total. The van der Waals surface area contributed by atoms with Gasteiger partial charge in [-0.1, -0.05) is 6.42 Å². The number of alkyl halides is 3. The van der Waals surface area contributed by atoms with Crippen molar-refractivity contribution >= 4 is 23.0 Å². The molecule has 21 heavy (non-hydrogen) atoms. The highest BCUT2D eigenvalue weighted by Gasteiger charge is 2.39. The van der Waals surface area contributed by atoms with Crippen LogP contribution < -0.4 is 10.6 Å². The Morgan fingerprint density at radius 3 is 2.33 bits per heavy atom. The smallest absolute Gasteiger partial charge is 0.359 e. The van der Waals surface area contributed by atoms with Gasteiger partial charge in [-0.2, -0.15) is 13.2 Å². The normalized spacial score (nSPS) is 27.7. The first kappa shape index (κ1) is 14.6. The molecule has 2 aliphatic rings. The van der Waals surface area contributed by atoms with Crippen molar-refractivity contribution in [3.63, 3.8) is 0 Å². The SMILES string of the molecule is FC(F)(F)c1ccc(NC(=S)N[C@H]2C[C@H]3CC[C@H]2C3)cc1. The van der Waals surface area contributed by atoms with Gasteiger partial charge in [0.2, 0.25) is 0 Å². The van der Waals surface area contributed by atoms with Crippen LogP contribution in [-0.2, 0) is 6.18 Å². The molecule has 2 fully saturated rings. The van der Waals surface area contributed by atoms with Crippen molar-refractivity contribution < 1.29 is 13.2 Å². The fourth-order valence-electron chi connectivity index (χ4n) is 3.50. The topological polar surface area (TPSA) is 24.1 Å². The fraction of sp³-hybridized carbons (Fsp3) is 0.533. The lowest BCUT2D eigenvalue weighted by Gasteiger charge is -2.24. The van der Waals surface area contributed by atoms with Gasteiger partial charge >= 0.3 is 6.18 Å². The summed E-state index contributed by atoms with van der Waals surface area (Å²) >= 11 is 5.25. The number of nitrogens with one attached hydrogen (secondary N) is 2. The summed E-state index contributed by atoms with van der Waals surface area (Å²) in [5.41, 5.74) is -0.0799. The van der Waals surface area contributed by atoms with Crippen LogP contribution in [0.1, 0.15) is 31.2 Å². The largest absolute Gasteiger partial charge is 0.416 e. The van der Waals surface area contributed by atoms with Crippen molar-refractivity contribution in [1.82, 2.24) is 5.32 Å². The van der Waals surface area contributed by atoms with Crippen LogP contribution in [0.25, 0.3) is 0 Å². The zero-order valence-electron chi connectivity index (χ0n) is 11.4. The van der Waals surface area contributed by atoms with Crippen LogP contribution in [0.5, 0.6) is 0 Å². The molecule has 0 spiro atoms. The maximum atomic E-state index is 12.5. The summed E-state index contributed by atoms with van der Waals surface area (Å²) in [5.74, 6) is 1.52. The lowest BCUT2D eigenvalue weighted by molar-refractivity contribution is -0.137. The summed E-state index contributed by atoms with van der Waals surface area (Å²) < 4.78 is 37.4. The van der Waals surface area contributed by atoms with E-state index >= 15 is 0 Å². The predicted molar refractivity (Wildman–Crippen MR) is 80.0 cm³/mol.